The maximum atomic E-state index is 12.2. The van der Waals surface area contributed by atoms with Gasteiger partial charge >= 0.3 is 0 Å². The third-order valence-corrected chi connectivity index (χ3v) is 4.34. The van der Waals surface area contributed by atoms with E-state index in [0.29, 0.717) is 17.5 Å². The number of nitrogens with two attached hydrogens (primary N) is 1. The Hall–Kier alpha value is -2.15. The first-order valence-electron chi connectivity index (χ1n) is 6.84. The maximum absolute atomic E-state index is 12.2. The van der Waals surface area contributed by atoms with Crippen LogP contribution in [0.1, 0.15) is 33.6 Å². The van der Waals surface area contributed by atoms with Crippen LogP contribution in [0.25, 0.3) is 0 Å². The van der Waals surface area contributed by atoms with E-state index in [4.69, 9.17) is 5.73 Å². The summed E-state index contributed by atoms with van der Waals surface area (Å²) in [5.41, 5.74) is 7.91. The Bertz CT molecular complexity index is 665. The monoisotopic (exact) mass is 303 g/mol. The Balaban J connectivity index is 1.64. The highest BCUT2D eigenvalue weighted by Crippen LogP contribution is 2.30. The van der Waals surface area contributed by atoms with Crippen LogP contribution in [0.5, 0.6) is 0 Å². The minimum absolute atomic E-state index is 0.190. The topological polar surface area (TPSA) is 92.9 Å². The molecule has 0 aromatic carbocycles. The molecule has 0 radical (unpaired) electrons. The van der Waals surface area contributed by atoms with Crippen LogP contribution in [0.15, 0.2) is 18.5 Å². The van der Waals surface area contributed by atoms with Gasteiger partial charge in [0.25, 0.3) is 5.91 Å². The van der Waals surface area contributed by atoms with E-state index >= 15 is 0 Å². The van der Waals surface area contributed by atoms with Gasteiger partial charge in [-0.1, -0.05) is 11.3 Å². The molecule has 0 unspecified atom stereocenters. The molecule has 0 aliphatic heterocycles. The highest BCUT2D eigenvalue weighted by Gasteiger charge is 2.24. The zero-order valence-electron chi connectivity index (χ0n) is 11.7. The average molecular weight is 303 g/mol. The fourth-order valence-corrected chi connectivity index (χ4v) is 2.79. The lowest BCUT2D eigenvalue weighted by Crippen LogP contribution is -2.23. The van der Waals surface area contributed by atoms with Crippen LogP contribution < -0.4 is 16.4 Å². The normalized spacial score (nSPS) is 14.0. The van der Waals surface area contributed by atoms with Gasteiger partial charge < -0.3 is 16.4 Å². The minimum atomic E-state index is -0.190. The third kappa shape index (κ3) is 3.30. The lowest BCUT2D eigenvalue weighted by molar-refractivity contribution is 0.0955. The quantitative estimate of drug-likeness (QED) is 0.785. The summed E-state index contributed by atoms with van der Waals surface area (Å²) in [4.78, 5) is 20.9. The highest BCUT2D eigenvalue weighted by atomic mass is 32.1. The molecule has 21 heavy (non-hydrogen) atoms. The van der Waals surface area contributed by atoms with Gasteiger partial charge in [-0.15, -0.1) is 0 Å². The summed E-state index contributed by atoms with van der Waals surface area (Å²) in [5, 5.41) is 6.85. The number of hydrogen-bond acceptors (Lipinski definition) is 6. The van der Waals surface area contributed by atoms with Crippen molar-refractivity contribution in [1.29, 1.82) is 0 Å². The van der Waals surface area contributed by atoms with E-state index in [9.17, 15) is 4.79 Å². The van der Waals surface area contributed by atoms with E-state index in [1.54, 1.807) is 12.4 Å². The number of nitrogens with zero attached hydrogens (tertiary/aromatic N) is 2. The molecule has 3 rings (SSSR count). The molecule has 2 aromatic rings. The van der Waals surface area contributed by atoms with Crippen LogP contribution in [0.2, 0.25) is 0 Å². The van der Waals surface area contributed by atoms with Crippen molar-refractivity contribution in [2.45, 2.75) is 32.4 Å². The molecule has 1 aliphatic rings. The Kier molecular flexibility index (Phi) is 3.74. The van der Waals surface area contributed by atoms with Crippen LogP contribution in [0.3, 0.4) is 0 Å². The molecule has 6 nitrogen and oxygen atoms in total. The summed E-state index contributed by atoms with van der Waals surface area (Å²) in [6.07, 6.45) is 5.80. The minimum Gasteiger partial charge on any atom is -0.382 e. The van der Waals surface area contributed by atoms with Crippen LogP contribution in [0.4, 0.5) is 10.9 Å². The Morgan fingerprint density at radius 2 is 2.33 bits per heavy atom. The molecule has 1 saturated carbocycles. The summed E-state index contributed by atoms with van der Waals surface area (Å²) in [7, 11) is 0. The van der Waals surface area contributed by atoms with Crippen molar-refractivity contribution in [3.05, 3.63) is 34.5 Å². The van der Waals surface area contributed by atoms with Gasteiger partial charge in [-0.05, 0) is 37.0 Å². The van der Waals surface area contributed by atoms with Crippen molar-refractivity contribution in [2.24, 2.45) is 0 Å². The van der Waals surface area contributed by atoms with Gasteiger partial charge in [-0.2, -0.15) is 0 Å². The summed E-state index contributed by atoms with van der Waals surface area (Å²) in [5.74, 6) is 0.0946. The number of thiazole rings is 1. The van der Waals surface area contributed by atoms with E-state index in [1.165, 1.54) is 11.3 Å². The summed E-state index contributed by atoms with van der Waals surface area (Å²) >= 11 is 1.30. The van der Waals surface area contributed by atoms with Gasteiger partial charge in [-0.3, -0.25) is 9.78 Å². The molecule has 0 spiro atoms. The summed E-state index contributed by atoms with van der Waals surface area (Å²) in [6, 6.07) is 2.39. The first-order valence-corrected chi connectivity index (χ1v) is 7.65. The molecular formula is C14H17N5OS. The predicted octanol–water partition coefficient (Wildman–Crippen LogP) is 1.93. The molecule has 2 aromatic heterocycles. The lowest BCUT2D eigenvalue weighted by atomic mass is 10.1. The third-order valence-electron chi connectivity index (χ3n) is 3.34. The van der Waals surface area contributed by atoms with Crippen molar-refractivity contribution < 1.29 is 4.79 Å². The van der Waals surface area contributed by atoms with Crippen molar-refractivity contribution >= 4 is 28.2 Å². The zero-order chi connectivity index (χ0) is 14.8. The first kappa shape index (κ1) is 13.8. The van der Waals surface area contributed by atoms with Gasteiger partial charge in [0.1, 0.15) is 10.7 Å². The molecule has 2 heterocycles. The molecular weight excluding hydrogens is 286 g/mol. The molecule has 0 bridgehead atoms. The number of carbonyl (C=O) groups is 1. The van der Waals surface area contributed by atoms with Crippen LogP contribution in [0, 0.1) is 6.92 Å². The number of nitrogen functional groups attached to an aromatic ring is 1. The molecule has 0 atom stereocenters. The molecule has 1 aliphatic carbocycles. The maximum Gasteiger partial charge on any atom is 0.265 e. The smallest absolute Gasteiger partial charge is 0.265 e. The first-order chi connectivity index (χ1) is 10.1. The van der Waals surface area contributed by atoms with E-state index in [1.807, 2.05) is 13.0 Å². The number of carbonyl (C=O) groups excluding carboxylic acids is 1. The van der Waals surface area contributed by atoms with Gasteiger partial charge in [0.15, 0.2) is 5.13 Å². The van der Waals surface area contributed by atoms with Crippen molar-refractivity contribution in [1.82, 2.24) is 15.3 Å². The van der Waals surface area contributed by atoms with Crippen LogP contribution >= 0.6 is 11.3 Å². The van der Waals surface area contributed by atoms with Gasteiger partial charge in [0.05, 0.1) is 0 Å². The number of aromatic nitrogens is 2. The van der Waals surface area contributed by atoms with Crippen molar-refractivity contribution in [3.8, 4) is 0 Å². The number of rotatable bonds is 5. The number of nitrogens with one attached hydrogen (secondary N) is 2. The summed E-state index contributed by atoms with van der Waals surface area (Å²) < 4.78 is 0. The molecule has 1 fully saturated rings. The average Bonchev–Trinajstić information content (AvgIpc) is 3.19. The SMILES string of the molecule is Cc1cnccc1CNC(=O)c1sc(NC2CC2)nc1N. The fourth-order valence-electron chi connectivity index (χ4n) is 1.91. The largest absolute Gasteiger partial charge is 0.382 e. The number of anilines is 2. The Morgan fingerprint density at radius 3 is 3.05 bits per heavy atom. The van der Waals surface area contributed by atoms with Gasteiger partial charge in [0, 0.05) is 25.0 Å². The second kappa shape index (κ2) is 5.69. The van der Waals surface area contributed by atoms with Crippen molar-refractivity contribution in [3.63, 3.8) is 0 Å². The second-order valence-corrected chi connectivity index (χ2v) is 6.14. The van der Waals surface area contributed by atoms with Crippen LogP contribution in [-0.2, 0) is 6.54 Å². The number of amides is 1. The lowest BCUT2D eigenvalue weighted by Gasteiger charge is -2.06. The van der Waals surface area contributed by atoms with Gasteiger partial charge in [-0.25, -0.2) is 4.98 Å². The standard InChI is InChI=1S/C14H17N5OS/c1-8-6-16-5-4-9(8)7-17-13(20)11-12(15)19-14(21-11)18-10-2-3-10/h4-6,10H,2-3,7,15H2,1H3,(H,17,20)(H,18,19). The van der Waals surface area contributed by atoms with Crippen LogP contribution in [-0.4, -0.2) is 21.9 Å². The number of aryl methyl sites for hydroxylation is 1. The molecule has 7 heteroatoms. The molecule has 0 saturated heterocycles. The zero-order valence-corrected chi connectivity index (χ0v) is 12.5. The highest BCUT2D eigenvalue weighted by molar-refractivity contribution is 7.18. The Morgan fingerprint density at radius 1 is 1.52 bits per heavy atom. The predicted molar refractivity (Wildman–Crippen MR) is 83.3 cm³/mol. The van der Waals surface area contributed by atoms with E-state index in [-0.39, 0.29) is 11.7 Å². The number of pyridine rings is 1. The van der Waals surface area contributed by atoms with Crippen molar-refractivity contribution in [2.75, 3.05) is 11.1 Å². The van der Waals surface area contributed by atoms with E-state index in [2.05, 4.69) is 20.6 Å². The molecule has 110 valence electrons. The fraction of sp³-hybridized carbons (Fsp3) is 0.357. The molecule has 1 amide bonds. The second-order valence-electron chi connectivity index (χ2n) is 5.14. The molecule has 4 N–H and O–H groups in total. The van der Waals surface area contributed by atoms with Gasteiger partial charge in [0.2, 0.25) is 0 Å². The van der Waals surface area contributed by atoms with E-state index in [0.717, 1.165) is 29.1 Å². The summed E-state index contributed by atoms with van der Waals surface area (Å²) in [6.45, 7) is 2.42. The Labute approximate surface area is 126 Å². The number of hydrogen-bond donors (Lipinski definition) is 3. The van der Waals surface area contributed by atoms with E-state index < -0.39 is 0 Å².